The van der Waals surface area contributed by atoms with E-state index in [9.17, 15) is 9.59 Å². The molecule has 32 heavy (non-hydrogen) atoms. The van der Waals surface area contributed by atoms with Crippen molar-refractivity contribution in [3.63, 3.8) is 0 Å². The summed E-state index contributed by atoms with van der Waals surface area (Å²) in [5, 5.41) is 6.67. The number of hydrogen-bond acceptors (Lipinski definition) is 5. The summed E-state index contributed by atoms with van der Waals surface area (Å²) in [6, 6.07) is 23.0. The van der Waals surface area contributed by atoms with Crippen LogP contribution in [0.3, 0.4) is 0 Å². The molecule has 0 aromatic heterocycles. The number of benzene rings is 3. The molecule has 0 heterocycles. The van der Waals surface area contributed by atoms with Gasteiger partial charge < -0.3 is 14.8 Å². The second-order valence-corrected chi connectivity index (χ2v) is 6.59. The summed E-state index contributed by atoms with van der Waals surface area (Å²) < 4.78 is 10.4. The Bertz CT molecular complexity index is 1120. The van der Waals surface area contributed by atoms with E-state index in [4.69, 9.17) is 9.47 Å². The number of rotatable bonds is 8. The molecule has 0 spiro atoms. The Morgan fingerprint density at radius 1 is 0.844 bits per heavy atom. The maximum atomic E-state index is 12.8. The summed E-state index contributed by atoms with van der Waals surface area (Å²) in [6.45, 7) is 0. The molecule has 0 aliphatic rings. The summed E-state index contributed by atoms with van der Waals surface area (Å²) in [5.41, 5.74) is 4.33. The van der Waals surface area contributed by atoms with Gasteiger partial charge in [-0.25, -0.2) is 5.43 Å². The fourth-order valence-electron chi connectivity index (χ4n) is 2.80. The molecule has 0 aliphatic heterocycles. The van der Waals surface area contributed by atoms with Crippen LogP contribution in [0.1, 0.15) is 21.5 Å². The van der Waals surface area contributed by atoms with Gasteiger partial charge in [0.15, 0.2) is 0 Å². The van der Waals surface area contributed by atoms with Crippen LogP contribution >= 0.6 is 0 Å². The minimum absolute atomic E-state index is 0.0428. The van der Waals surface area contributed by atoms with Crippen molar-refractivity contribution in [3.05, 3.63) is 101 Å². The highest BCUT2D eigenvalue weighted by molar-refractivity contribution is 6.05. The molecule has 7 heteroatoms. The van der Waals surface area contributed by atoms with Crippen LogP contribution in [0.2, 0.25) is 0 Å². The van der Waals surface area contributed by atoms with Crippen molar-refractivity contribution in [2.24, 2.45) is 5.10 Å². The van der Waals surface area contributed by atoms with Gasteiger partial charge in [-0.15, -0.1) is 0 Å². The highest BCUT2D eigenvalue weighted by Gasteiger charge is 2.14. The Kier molecular flexibility index (Phi) is 7.75. The molecule has 3 aromatic rings. The SMILES string of the molecule is COc1ccc(C=C(NC(=O)c2ccccc2)C(=O)NN=Cc2ccccc2OC)cc1. The van der Waals surface area contributed by atoms with Crippen molar-refractivity contribution in [1.82, 2.24) is 10.7 Å². The second-order valence-electron chi connectivity index (χ2n) is 6.59. The van der Waals surface area contributed by atoms with Gasteiger partial charge in [0, 0.05) is 11.1 Å². The largest absolute Gasteiger partial charge is 0.497 e. The summed E-state index contributed by atoms with van der Waals surface area (Å²) in [7, 11) is 3.13. The van der Waals surface area contributed by atoms with Gasteiger partial charge in [-0.05, 0) is 48.0 Å². The fourth-order valence-corrected chi connectivity index (χ4v) is 2.80. The molecular formula is C25H23N3O4. The highest BCUT2D eigenvalue weighted by Crippen LogP contribution is 2.15. The minimum atomic E-state index is -0.573. The lowest BCUT2D eigenvalue weighted by atomic mass is 10.1. The van der Waals surface area contributed by atoms with E-state index in [2.05, 4.69) is 15.8 Å². The van der Waals surface area contributed by atoms with E-state index in [0.29, 0.717) is 28.2 Å². The monoisotopic (exact) mass is 429 g/mol. The molecule has 0 radical (unpaired) electrons. The van der Waals surface area contributed by atoms with E-state index in [1.165, 1.54) is 6.21 Å². The summed E-state index contributed by atoms with van der Waals surface area (Å²) in [6.07, 6.45) is 3.04. The van der Waals surface area contributed by atoms with Gasteiger partial charge in [0.2, 0.25) is 0 Å². The van der Waals surface area contributed by atoms with Crippen LogP contribution < -0.4 is 20.2 Å². The smallest absolute Gasteiger partial charge is 0.287 e. The molecular weight excluding hydrogens is 406 g/mol. The molecule has 0 saturated carbocycles. The van der Waals surface area contributed by atoms with Crippen molar-refractivity contribution in [2.75, 3.05) is 14.2 Å². The summed E-state index contributed by atoms with van der Waals surface area (Å²) >= 11 is 0. The average Bonchev–Trinajstić information content (AvgIpc) is 2.84. The van der Waals surface area contributed by atoms with Crippen molar-refractivity contribution in [3.8, 4) is 11.5 Å². The van der Waals surface area contributed by atoms with Gasteiger partial charge in [-0.2, -0.15) is 5.10 Å². The van der Waals surface area contributed by atoms with Gasteiger partial charge >= 0.3 is 0 Å². The molecule has 0 fully saturated rings. The predicted molar refractivity (Wildman–Crippen MR) is 124 cm³/mol. The summed E-state index contributed by atoms with van der Waals surface area (Å²) in [4.78, 5) is 25.4. The number of para-hydroxylation sites is 1. The fraction of sp³-hybridized carbons (Fsp3) is 0.0800. The van der Waals surface area contributed by atoms with Gasteiger partial charge in [0.05, 0.1) is 20.4 Å². The molecule has 0 bridgehead atoms. The van der Waals surface area contributed by atoms with E-state index in [1.54, 1.807) is 81.0 Å². The Morgan fingerprint density at radius 3 is 2.22 bits per heavy atom. The number of amides is 2. The molecule has 3 rings (SSSR count). The third-order valence-corrected chi connectivity index (χ3v) is 4.46. The number of ether oxygens (including phenoxy) is 2. The lowest BCUT2D eigenvalue weighted by Gasteiger charge is -2.10. The van der Waals surface area contributed by atoms with Crippen LogP contribution in [-0.4, -0.2) is 32.2 Å². The Morgan fingerprint density at radius 2 is 1.53 bits per heavy atom. The van der Waals surface area contributed by atoms with Crippen LogP contribution in [0.4, 0.5) is 0 Å². The first-order valence-corrected chi connectivity index (χ1v) is 9.79. The average molecular weight is 429 g/mol. The van der Waals surface area contributed by atoms with Crippen LogP contribution in [0, 0.1) is 0 Å². The first-order valence-electron chi connectivity index (χ1n) is 9.79. The van der Waals surface area contributed by atoms with Crippen LogP contribution in [0.25, 0.3) is 6.08 Å². The minimum Gasteiger partial charge on any atom is -0.497 e. The first kappa shape index (κ1) is 22.3. The van der Waals surface area contributed by atoms with E-state index in [-0.39, 0.29) is 5.70 Å². The number of hydrogen-bond donors (Lipinski definition) is 2. The normalized spacial score (nSPS) is 11.1. The topological polar surface area (TPSA) is 89.0 Å². The number of methoxy groups -OCH3 is 2. The molecule has 3 aromatic carbocycles. The molecule has 7 nitrogen and oxygen atoms in total. The van der Waals surface area contributed by atoms with Crippen LogP contribution in [-0.2, 0) is 4.79 Å². The molecule has 162 valence electrons. The van der Waals surface area contributed by atoms with Crippen LogP contribution in [0.5, 0.6) is 11.5 Å². The number of carbonyl (C=O) groups excluding carboxylic acids is 2. The molecule has 0 aliphatic carbocycles. The van der Waals surface area contributed by atoms with Crippen molar-refractivity contribution in [2.45, 2.75) is 0 Å². The molecule has 2 N–H and O–H groups in total. The quantitative estimate of drug-likeness (QED) is 0.325. The third kappa shape index (κ3) is 6.06. The third-order valence-electron chi connectivity index (χ3n) is 4.46. The second kappa shape index (κ2) is 11.1. The van der Waals surface area contributed by atoms with E-state index >= 15 is 0 Å². The number of nitrogens with zero attached hydrogens (tertiary/aromatic N) is 1. The van der Waals surface area contributed by atoms with Crippen LogP contribution in [0.15, 0.2) is 89.7 Å². The standard InChI is InChI=1S/C25H23N3O4/c1-31-21-14-12-18(13-15-21)16-22(27-24(29)19-8-4-3-5-9-19)25(30)28-26-17-20-10-6-7-11-23(20)32-2/h3-17H,1-2H3,(H,27,29)(H,28,30). The lowest BCUT2D eigenvalue weighted by molar-refractivity contribution is -0.117. The molecule has 0 atom stereocenters. The van der Waals surface area contributed by atoms with Crippen molar-refractivity contribution < 1.29 is 19.1 Å². The van der Waals surface area contributed by atoms with Gasteiger partial charge in [0.25, 0.3) is 11.8 Å². The predicted octanol–water partition coefficient (Wildman–Crippen LogP) is 3.63. The zero-order valence-corrected chi connectivity index (χ0v) is 17.7. The number of nitrogens with one attached hydrogen (secondary N) is 2. The highest BCUT2D eigenvalue weighted by atomic mass is 16.5. The molecule has 2 amide bonds. The zero-order valence-electron chi connectivity index (χ0n) is 17.7. The molecule has 0 saturated heterocycles. The number of carbonyl (C=O) groups is 2. The van der Waals surface area contributed by atoms with E-state index in [0.717, 1.165) is 0 Å². The maximum Gasteiger partial charge on any atom is 0.287 e. The van der Waals surface area contributed by atoms with E-state index in [1.807, 2.05) is 18.2 Å². The Hall–Kier alpha value is -4.39. The number of hydrazone groups is 1. The van der Waals surface area contributed by atoms with Gasteiger partial charge in [-0.3, -0.25) is 9.59 Å². The lowest BCUT2D eigenvalue weighted by Crippen LogP contribution is -2.32. The summed E-state index contributed by atoms with van der Waals surface area (Å²) in [5.74, 6) is 0.324. The Labute approximate surface area is 186 Å². The van der Waals surface area contributed by atoms with E-state index < -0.39 is 11.8 Å². The van der Waals surface area contributed by atoms with Gasteiger partial charge in [-0.1, -0.05) is 42.5 Å². The van der Waals surface area contributed by atoms with Gasteiger partial charge in [0.1, 0.15) is 17.2 Å². The maximum absolute atomic E-state index is 12.8. The van der Waals surface area contributed by atoms with Crippen molar-refractivity contribution in [1.29, 1.82) is 0 Å². The zero-order chi connectivity index (χ0) is 22.8. The Balaban J connectivity index is 1.81. The molecule has 0 unspecified atom stereocenters. The first-order chi connectivity index (χ1) is 15.6. The van der Waals surface area contributed by atoms with Crippen molar-refractivity contribution >= 4 is 24.1 Å².